The number of thioether (sulfide) groups is 1. The van der Waals surface area contributed by atoms with Crippen LogP contribution in [0.1, 0.15) is 45.0 Å². The van der Waals surface area contributed by atoms with Crippen molar-refractivity contribution >= 4 is 34.8 Å². The van der Waals surface area contributed by atoms with Gasteiger partial charge in [0.05, 0.1) is 15.5 Å². The molecule has 2 heterocycles. The molecule has 0 fully saturated rings. The van der Waals surface area contributed by atoms with Gasteiger partial charge < -0.3 is 0 Å². The number of nitro groups is 1. The first kappa shape index (κ1) is 19.7. The lowest BCUT2D eigenvalue weighted by molar-refractivity contribution is -0.384. The zero-order chi connectivity index (χ0) is 20.4. The largest absolute Gasteiger partial charge is 0.294 e. The normalized spacial score (nSPS) is 13.5. The predicted octanol–water partition coefficient (Wildman–Crippen LogP) is 3.08. The van der Waals surface area contributed by atoms with Gasteiger partial charge >= 0.3 is 0 Å². The fraction of sp³-hybridized carbons (Fsp3) is 0.333. The van der Waals surface area contributed by atoms with E-state index in [-0.39, 0.29) is 30.2 Å². The van der Waals surface area contributed by atoms with Crippen LogP contribution < -0.4 is 5.01 Å². The standard InChI is InChI=1S/C18H19N5O4S/c1-4-13(24)17-16(11-8-7-9-12(10-11)23(26)27)22(15(25)6-3)21-14(5-2)19-20-18(21)28-17/h7-10H,4-6H2,1-3H3. The summed E-state index contributed by atoms with van der Waals surface area (Å²) in [6.07, 6.45) is 0.932. The van der Waals surface area contributed by atoms with Gasteiger partial charge in [-0.2, -0.15) is 0 Å². The molecule has 0 saturated heterocycles. The fourth-order valence-corrected chi connectivity index (χ4v) is 3.97. The van der Waals surface area contributed by atoms with Gasteiger partial charge in [0.2, 0.25) is 11.1 Å². The number of Topliss-reactive ketones (excluding diaryl/α,β-unsaturated/α-hetero) is 1. The molecule has 1 aliphatic rings. The lowest BCUT2D eigenvalue weighted by atomic mass is 10.1. The Morgan fingerprint density at radius 2 is 1.93 bits per heavy atom. The number of allylic oxidation sites excluding steroid dienone is 1. The van der Waals surface area contributed by atoms with E-state index in [1.807, 2.05) is 6.92 Å². The van der Waals surface area contributed by atoms with Crippen molar-refractivity contribution in [2.24, 2.45) is 0 Å². The van der Waals surface area contributed by atoms with Gasteiger partial charge in [0.15, 0.2) is 11.6 Å². The third kappa shape index (κ3) is 3.31. The van der Waals surface area contributed by atoms with Crippen LogP contribution in [0.4, 0.5) is 5.69 Å². The first-order chi connectivity index (χ1) is 13.4. The van der Waals surface area contributed by atoms with Crippen LogP contribution in [-0.4, -0.2) is 31.5 Å². The Morgan fingerprint density at radius 1 is 1.18 bits per heavy atom. The van der Waals surface area contributed by atoms with E-state index in [1.165, 1.54) is 23.2 Å². The first-order valence-corrected chi connectivity index (χ1v) is 9.72. The summed E-state index contributed by atoms with van der Waals surface area (Å²) < 4.78 is 1.59. The molecular formula is C18H19N5O4S. The molecule has 1 amide bonds. The minimum atomic E-state index is -0.505. The Hall–Kier alpha value is -3.01. The molecule has 0 N–H and O–H groups in total. The summed E-state index contributed by atoms with van der Waals surface area (Å²) >= 11 is 1.13. The molecule has 3 rings (SSSR count). The van der Waals surface area contributed by atoms with Crippen LogP contribution in [0.3, 0.4) is 0 Å². The number of aryl methyl sites for hydroxylation is 1. The smallest absolute Gasteiger partial charge is 0.270 e. The van der Waals surface area contributed by atoms with E-state index < -0.39 is 4.92 Å². The van der Waals surface area contributed by atoms with Gasteiger partial charge in [-0.05, 0) is 11.8 Å². The molecule has 10 heteroatoms. The topological polar surface area (TPSA) is 111 Å². The van der Waals surface area contributed by atoms with Gasteiger partial charge in [0.25, 0.3) is 5.69 Å². The van der Waals surface area contributed by atoms with Crippen molar-refractivity contribution < 1.29 is 14.5 Å². The van der Waals surface area contributed by atoms with Crippen LogP contribution in [0.5, 0.6) is 0 Å². The van der Waals surface area contributed by atoms with Gasteiger partial charge in [0.1, 0.15) is 0 Å². The van der Waals surface area contributed by atoms with Gasteiger partial charge in [-0.25, -0.2) is 9.69 Å². The van der Waals surface area contributed by atoms with E-state index in [0.29, 0.717) is 33.6 Å². The van der Waals surface area contributed by atoms with Crippen molar-refractivity contribution in [1.29, 1.82) is 0 Å². The summed E-state index contributed by atoms with van der Waals surface area (Å²) in [6, 6.07) is 5.93. The quantitative estimate of drug-likeness (QED) is 0.540. The average molecular weight is 401 g/mol. The van der Waals surface area contributed by atoms with Crippen LogP contribution in [0.15, 0.2) is 34.3 Å². The maximum Gasteiger partial charge on any atom is 0.270 e. The van der Waals surface area contributed by atoms with Gasteiger partial charge in [-0.3, -0.25) is 19.7 Å². The van der Waals surface area contributed by atoms with Crippen molar-refractivity contribution in [2.45, 2.75) is 45.2 Å². The summed E-state index contributed by atoms with van der Waals surface area (Å²) in [6.45, 7) is 5.33. The number of aromatic nitrogens is 3. The SMILES string of the molecule is CCC(=O)C1=C(c2cccc([N+](=O)[O-])c2)N(C(=O)CC)n2c(CC)nnc2S1. The molecular weight excluding hydrogens is 382 g/mol. The molecule has 146 valence electrons. The number of non-ortho nitro benzene ring substituents is 1. The van der Waals surface area contributed by atoms with E-state index in [2.05, 4.69) is 10.2 Å². The van der Waals surface area contributed by atoms with Gasteiger partial charge in [-0.15, -0.1) is 10.2 Å². The lowest BCUT2D eigenvalue weighted by Crippen LogP contribution is -2.42. The third-order valence-electron chi connectivity index (χ3n) is 4.26. The minimum absolute atomic E-state index is 0.118. The Bertz CT molecular complexity index is 998. The Balaban J connectivity index is 2.32. The second-order valence-electron chi connectivity index (χ2n) is 5.99. The number of carbonyl (C=O) groups is 2. The second-order valence-corrected chi connectivity index (χ2v) is 6.96. The van der Waals surface area contributed by atoms with Crippen LogP contribution >= 0.6 is 11.8 Å². The van der Waals surface area contributed by atoms with E-state index in [0.717, 1.165) is 11.8 Å². The van der Waals surface area contributed by atoms with Crippen molar-refractivity contribution in [2.75, 3.05) is 5.01 Å². The highest BCUT2D eigenvalue weighted by Gasteiger charge is 2.36. The number of nitrogens with zero attached hydrogens (tertiary/aromatic N) is 5. The highest BCUT2D eigenvalue weighted by atomic mass is 32.2. The molecule has 0 unspecified atom stereocenters. The Labute approximate surface area is 165 Å². The summed E-state index contributed by atoms with van der Waals surface area (Å²) in [4.78, 5) is 36.7. The van der Waals surface area contributed by atoms with Crippen molar-refractivity contribution in [1.82, 2.24) is 14.9 Å². The number of fused-ring (bicyclic) bond motifs is 1. The molecule has 0 radical (unpaired) electrons. The zero-order valence-corrected chi connectivity index (χ0v) is 16.5. The monoisotopic (exact) mass is 401 g/mol. The molecule has 2 aromatic rings. The van der Waals surface area contributed by atoms with Crippen LogP contribution in [0.2, 0.25) is 0 Å². The van der Waals surface area contributed by atoms with E-state index >= 15 is 0 Å². The van der Waals surface area contributed by atoms with Gasteiger partial charge in [0, 0.05) is 37.0 Å². The number of hydrogen-bond acceptors (Lipinski definition) is 7. The molecule has 0 spiro atoms. The first-order valence-electron chi connectivity index (χ1n) is 8.90. The summed E-state index contributed by atoms with van der Waals surface area (Å²) in [5, 5.41) is 21.3. The molecule has 0 aliphatic carbocycles. The third-order valence-corrected chi connectivity index (χ3v) is 5.32. The highest BCUT2D eigenvalue weighted by molar-refractivity contribution is 8.04. The average Bonchev–Trinajstić information content (AvgIpc) is 3.14. The predicted molar refractivity (Wildman–Crippen MR) is 104 cm³/mol. The summed E-state index contributed by atoms with van der Waals surface area (Å²) in [5.74, 6) is 0.127. The maximum atomic E-state index is 12.9. The number of nitro benzene ring substituents is 1. The van der Waals surface area contributed by atoms with Crippen LogP contribution in [0.25, 0.3) is 5.70 Å². The zero-order valence-electron chi connectivity index (χ0n) is 15.7. The molecule has 0 saturated carbocycles. The number of ketones is 1. The Morgan fingerprint density at radius 3 is 2.54 bits per heavy atom. The number of rotatable bonds is 6. The molecule has 0 atom stereocenters. The highest BCUT2D eigenvalue weighted by Crippen LogP contribution is 2.41. The molecule has 1 aliphatic heterocycles. The molecule has 1 aromatic carbocycles. The number of carbonyl (C=O) groups excluding carboxylic acids is 2. The van der Waals surface area contributed by atoms with E-state index in [9.17, 15) is 19.7 Å². The maximum absolute atomic E-state index is 12.9. The summed E-state index contributed by atoms with van der Waals surface area (Å²) in [5.41, 5.74) is 0.628. The van der Waals surface area contributed by atoms with Crippen LogP contribution in [-0.2, 0) is 16.0 Å². The van der Waals surface area contributed by atoms with Crippen molar-refractivity contribution in [3.63, 3.8) is 0 Å². The van der Waals surface area contributed by atoms with E-state index in [1.54, 1.807) is 24.6 Å². The molecule has 0 bridgehead atoms. The number of amides is 1. The molecule has 9 nitrogen and oxygen atoms in total. The van der Waals surface area contributed by atoms with Gasteiger partial charge in [-0.1, -0.05) is 32.9 Å². The lowest BCUT2D eigenvalue weighted by Gasteiger charge is -2.33. The van der Waals surface area contributed by atoms with Crippen molar-refractivity contribution in [3.05, 3.63) is 50.7 Å². The second kappa shape index (κ2) is 7.93. The molecule has 1 aromatic heterocycles. The van der Waals surface area contributed by atoms with Crippen LogP contribution in [0, 0.1) is 10.1 Å². The molecule has 28 heavy (non-hydrogen) atoms. The van der Waals surface area contributed by atoms with E-state index in [4.69, 9.17) is 0 Å². The minimum Gasteiger partial charge on any atom is -0.294 e. The summed E-state index contributed by atoms with van der Waals surface area (Å²) in [7, 11) is 0. The van der Waals surface area contributed by atoms with Crippen molar-refractivity contribution in [3.8, 4) is 0 Å². The Kier molecular flexibility index (Phi) is 5.59. The number of benzene rings is 1. The fourth-order valence-electron chi connectivity index (χ4n) is 2.87. The number of hydrogen-bond donors (Lipinski definition) is 0.